The third-order valence-electron chi connectivity index (χ3n) is 5.84. The second-order valence-corrected chi connectivity index (χ2v) is 14.0. The van der Waals surface area contributed by atoms with E-state index in [9.17, 15) is 9.59 Å². The summed E-state index contributed by atoms with van der Waals surface area (Å²) in [6, 6.07) is 15.6. The van der Waals surface area contributed by atoms with Crippen molar-refractivity contribution < 1.29 is 19.1 Å². The summed E-state index contributed by atoms with van der Waals surface area (Å²) in [6.07, 6.45) is 2.36. The van der Waals surface area contributed by atoms with E-state index in [1.165, 1.54) is 15.2 Å². The minimum Gasteiger partial charge on any atom is -0.443 e. The molecule has 0 aliphatic carbocycles. The van der Waals surface area contributed by atoms with E-state index in [2.05, 4.69) is 26.2 Å². The van der Waals surface area contributed by atoms with Gasteiger partial charge in [-0.15, -0.1) is 0 Å². The Hall–Kier alpha value is -3.75. The Kier molecular flexibility index (Phi) is 10.1. The Bertz CT molecular complexity index is 1970. The molecule has 0 amide bonds. The van der Waals surface area contributed by atoms with Crippen molar-refractivity contribution in [3.63, 3.8) is 0 Å². The standard InChI is InChI=1S/C19H16Cl2N4O2.C13H13BrClNO2/c1-19(2,3)27-18(26)25-5-4-14-15(21)8-12(9-16(14)25)23-17-7-11(20)6-13(10-22)24-17;1-13(2,3)18-12(17)16-5-4-9-10(15)6-8(14)7-11(9)16/h4-9H,1-3H3,(H,23,24);4-7H,1-3H3. The summed E-state index contributed by atoms with van der Waals surface area (Å²) in [4.78, 5) is 28.6. The molecule has 3 heterocycles. The normalized spacial score (nSPS) is 11.5. The molecule has 2 aromatic carbocycles. The molecule has 0 bridgehead atoms. The lowest BCUT2D eigenvalue weighted by atomic mass is 10.2. The maximum atomic E-state index is 12.5. The highest BCUT2D eigenvalue weighted by Gasteiger charge is 2.21. The molecule has 0 radical (unpaired) electrons. The minimum absolute atomic E-state index is 0.189. The summed E-state index contributed by atoms with van der Waals surface area (Å²) in [7, 11) is 0. The van der Waals surface area contributed by atoms with Gasteiger partial charge in [0, 0.05) is 38.3 Å². The van der Waals surface area contributed by atoms with Crippen LogP contribution in [0.4, 0.5) is 21.1 Å². The van der Waals surface area contributed by atoms with Crippen molar-refractivity contribution in [2.45, 2.75) is 52.7 Å². The van der Waals surface area contributed by atoms with E-state index in [1.807, 2.05) is 32.9 Å². The quantitative estimate of drug-likeness (QED) is 0.192. The molecule has 0 aliphatic rings. The number of nitrogens with one attached hydrogen (secondary N) is 1. The molecule has 1 N–H and O–H groups in total. The topological polar surface area (TPSA) is 111 Å². The van der Waals surface area contributed by atoms with Crippen molar-refractivity contribution in [1.29, 1.82) is 5.26 Å². The third-order valence-corrected chi connectivity index (χ3v) is 7.14. The van der Waals surface area contributed by atoms with Crippen LogP contribution in [0.25, 0.3) is 21.8 Å². The first-order valence-corrected chi connectivity index (χ1v) is 15.4. The summed E-state index contributed by atoms with van der Waals surface area (Å²) >= 11 is 21.9. The second-order valence-electron chi connectivity index (χ2n) is 11.8. The van der Waals surface area contributed by atoms with Gasteiger partial charge in [0.05, 0.1) is 21.1 Å². The van der Waals surface area contributed by atoms with Gasteiger partial charge in [-0.05, 0) is 90.1 Å². The number of hydrogen-bond acceptors (Lipinski definition) is 7. The van der Waals surface area contributed by atoms with Gasteiger partial charge in [-0.25, -0.2) is 14.6 Å². The molecular weight excluding hydrogens is 705 g/mol. The van der Waals surface area contributed by atoms with Crippen LogP contribution in [0.15, 0.2) is 65.4 Å². The molecule has 0 unspecified atom stereocenters. The Morgan fingerprint density at radius 3 is 1.84 bits per heavy atom. The number of halogens is 4. The Labute approximate surface area is 283 Å². The van der Waals surface area contributed by atoms with Crippen LogP contribution in [0.2, 0.25) is 15.1 Å². The molecular formula is C32H29BrCl3N5O4. The summed E-state index contributed by atoms with van der Waals surface area (Å²) in [6.45, 7) is 10.9. The summed E-state index contributed by atoms with van der Waals surface area (Å²) in [5, 5.41) is 15.1. The number of benzene rings is 2. The smallest absolute Gasteiger partial charge is 0.418 e. The van der Waals surface area contributed by atoms with Gasteiger partial charge in [-0.1, -0.05) is 50.7 Å². The number of hydrogen-bond donors (Lipinski definition) is 1. The number of anilines is 2. The van der Waals surface area contributed by atoms with Crippen molar-refractivity contribution in [2.75, 3.05) is 5.32 Å². The molecule has 0 spiro atoms. The van der Waals surface area contributed by atoms with Crippen molar-refractivity contribution in [3.05, 3.63) is 86.2 Å². The van der Waals surface area contributed by atoms with E-state index in [0.717, 1.165) is 15.4 Å². The fraction of sp³-hybridized carbons (Fsp3) is 0.250. The fourth-order valence-electron chi connectivity index (χ4n) is 4.14. The molecule has 0 atom stereocenters. The SMILES string of the molecule is CC(C)(C)OC(=O)n1ccc2c(Cl)cc(Br)cc21.CC(C)(C)OC(=O)n1ccc2c(Cl)cc(Nc3cc(Cl)cc(C#N)n3)cc21. The van der Waals surface area contributed by atoms with Gasteiger partial charge >= 0.3 is 12.2 Å². The zero-order chi connectivity index (χ0) is 33.3. The lowest BCUT2D eigenvalue weighted by molar-refractivity contribution is 0.0533. The van der Waals surface area contributed by atoms with Crippen molar-refractivity contribution in [1.82, 2.24) is 14.1 Å². The highest BCUT2D eigenvalue weighted by molar-refractivity contribution is 9.10. The number of nitrogens with zero attached hydrogens (tertiary/aromatic N) is 4. The maximum Gasteiger partial charge on any atom is 0.418 e. The highest BCUT2D eigenvalue weighted by atomic mass is 79.9. The molecule has 45 heavy (non-hydrogen) atoms. The van der Waals surface area contributed by atoms with Crippen LogP contribution in [0.5, 0.6) is 0 Å². The molecule has 13 heteroatoms. The summed E-state index contributed by atoms with van der Waals surface area (Å²) in [5.41, 5.74) is 0.948. The number of nitriles is 1. The molecule has 0 saturated carbocycles. The maximum absolute atomic E-state index is 12.5. The number of pyridine rings is 1. The van der Waals surface area contributed by atoms with Crippen molar-refractivity contribution in [2.24, 2.45) is 0 Å². The molecule has 5 rings (SSSR count). The Balaban J connectivity index is 0.000000222. The summed E-state index contributed by atoms with van der Waals surface area (Å²) < 4.78 is 14.4. The van der Waals surface area contributed by atoms with Crippen LogP contribution >= 0.6 is 50.7 Å². The van der Waals surface area contributed by atoms with Crippen molar-refractivity contribution in [3.8, 4) is 6.07 Å². The first-order chi connectivity index (χ1) is 20.9. The Morgan fingerprint density at radius 1 is 0.822 bits per heavy atom. The van der Waals surface area contributed by atoms with Gasteiger partial charge < -0.3 is 14.8 Å². The van der Waals surface area contributed by atoms with Crippen LogP contribution in [0.1, 0.15) is 47.2 Å². The molecule has 0 saturated heterocycles. The number of fused-ring (bicyclic) bond motifs is 2. The van der Waals surface area contributed by atoms with Crippen LogP contribution in [0, 0.1) is 11.3 Å². The lowest BCUT2D eigenvalue weighted by Crippen LogP contribution is -2.26. The van der Waals surface area contributed by atoms with E-state index in [4.69, 9.17) is 49.5 Å². The summed E-state index contributed by atoms with van der Waals surface area (Å²) in [5.74, 6) is 0.393. The lowest BCUT2D eigenvalue weighted by Gasteiger charge is -2.20. The second kappa shape index (κ2) is 13.3. The van der Waals surface area contributed by atoms with Gasteiger partial charge in [-0.3, -0.25) is 9.13 Å². The highest BCUT2D eigenvalue weighted by Crippen LogP contribution is 2.32. The largest absolute Gasteiger partial charge is 0.443 e. The van der Waals surface area contributed by atoms with Crippen LogP contribution in [0.3, 0.4) is 0 Å². The predicted octanol–water partition coefficient (Wildman–Crippen LogP) is 10.6. The first-order valence-electron chi connectivity index (χ1n) is 13.5. The predicted molar refractivity (Wildman–Crippen MR) is 182 cm³/mol. The molecule has 3 aromatic heterocycles. The molecule has 9 nitrogen and oxygen atoms in total. The molecule has 234 valence electrons. The van der Waals surface area contributed by atoms with Crippen LogP contribution in [-0.2, 0) is 9.47 Å². The average molecular weight is 734 g/mol. The van der Waals surface area contributed by atoms with Gasteiger partial charge in [-0.2, -0.15) is 5.26 Å². The zero-order valence-corrected chi connectivity index (χ0v) is 29.1. The van der Waals surface area contributed by atoms with Crippen LogP contribution in [-0.4, -0.2) is 37.5 Å². The fourth-order valence-corrected chi connectivity index (χ4v) is 5.48. The minimum atomic E-state index is -0.619. The van der Waals surface area contributed by atoms with E-state index < -0.39 is 23.4 Å². The Morgan fingerprint density at radius 2 is 1.33 bits per heavy atom. The van der Waals surface area contributed by atoms with Crippen molar-refractivity contribution >= 4 is 96.2 Å². The third kappa shape index (κ3) is 8.70. The monoisotopic (exact) mass is 731 g/mol. The first kappa shape index (κ1) is 34.1. The van der Waals surface area contributed by atoms with E-state index in [-0.39, 0.29) is 5.69 Å². The van der Waals surface area contributed by atoms with E-state index >= 15 is 0 Å². The number of aromatic nitrogens is 3. The average Bonchev–Trinajstić information content (AvgIpc) is 3.52. The van der Waals surface area contributed by atoms with Gasteiger partial charge in [0.1, 0.15) is 28.8 Å². The van der Waals surface area contributed by atoms with Gasteiger partial charge in [0.25, 0.3) is 0 Å². The number of rotatable bonds is 2. The van der Waals surface area contributed by atoms with Gasteiger partial charge in [0.15, 0.2) is 0 Å². The zero-order valence-electron chi connectivity index (χ0n) is 25.2. The van der Waals surface area contributed by atoms with Gasteiger partial charge in [0.2, 0.25) is 0 Å². The number of ether oxygens (including phenoxy) is 2. The van der Waals surface area contributed by atoms with E-state index in [0.29, 0.717) is 37.5 Å². The number of carbonyl (C=O) groups is 2. The molecule has 0 aliphatic heterocycles. The van der Waals surface area contributed by atoms with E-state index in [1.54, 1.807) is 69.6 Å². The molecule has 5 aromatic rings. The van der Waals surface area contributed by atoms with Crippen LogP contribution < -0.4 is 5.32 Å². The molecule has 0 fully saturated rings. The number of carbonyl (C=O) groups excluding carboxylic acids is 2.